The van der Waals surface area contributed by atoms with Crippen LogP contribution in [0.5, 0.6) is 0 Å². The molecule has 0 aliphatic rings. The van der Waals surface area contributed by atoms with Gasteiger partial charge in [0.2, 0.25) is 0 Å². The molecule has 0 heterocycles. The number of carbonyl (C=O) groups excluding carboxylic acids is 1. The fourth-order valence-electron chi connectivity index (χ4n) is 1.47. The van der Waals surface area contributed by atoms with Gasteiger partial charge < -0.3 is 19.9 Å². The van der Waals surface area contributed by atoms with Gasteiger partial charge in [0.15, 0.2) is 0 Å². The number of rotatable bonds is 12. The molecule has 5 heteroatoms. The zero-order chi connectivity index (χ0) is 13.6. The fraction of sp³-hybridized carbons (Fsp3) is 0.923. The highest BCUT2D eigenvalue weighted by molar-refractivity contribution is 5.69. The molecule has 0 aromatic heterocycles. The van der Waals surface area contributed by atoms with Gasteiger partial charge in [-0.1, -0.05) is 20.3 Å². The molecule has 5 nitrogen and oxygen atoms in total. The van der Waals surface area contributed by atoms with Crippen molar-refractivity contribution in [3.8, 4) is 0 Å². The Morgan fingerprint density at radius 2 is 1.78 bits per heavy atom. The van der Waals surface area contributed by atoms with Crippen LogP contribution in [0.15, 0.2) is 0 Å². The predicted octanol–water partition coefficient (Wildman–Crippen LogP) is 1.49. The van der Waals surface area contributed by atoms with Crippen LogP contribution in [0, 0.1) is 0 Å². The van der Waals surface area contributed by atoms with Gasteiger partial charge in [0.25, 0.3) is 0 Å². The van der Waals surface area contributed by atoms with Crippen LogP contribution < -0.4 is 5.73 Å². The fourth-order valence-corrected chi connectivity index (χ4v) is 1.47. The molecular weight excluding hydrogens is 234 g/mol. The lowest BCUT2D eigenvalue weighted by Crippen LogP contribution is -2.19. The first-order valence-corrected chi connectivity index (χ1v) is 6.79. The third-order valence-electron chi connectivity index (χ3n) is 2.45. The van der Waals surface area contributed by atoms with Gasteiger partial charge in [-0.05, 0) is 12.8 Å². The molecule has 0 aromatic rings. The van der Waals surface area contributed by atoms with Crippen molar-refractivity contribution in [3.63, 3.8) is 0 Å². The quantitative estimate of drug-likeness (QED) is 0.426. The topological polar surface area (TPSA) is 70.8 Å². The molecule has 0 bridgehead atoms. The van der Waals surface area contributed by atoms with Gasteiger partial charge in [-0.2, -0.15) is 0 Å². The lowest BCUT2D eigenvalue weighted by atomic mass is 10.1. The number of hydrogen-bond donors (Lipinski definition) is 1. The summed E-state index contributed by atoms with van der Waals surface area (Å²) in [4.78, 5) is 11.5. The number of ether oxygens (including phenoxy) is 3. The van der Waals surface area contributed by atoms with Crippen LogP contribution in [0.3, 0.4) is 0 Å². The van der Waals surface area contributed by atoms with E-state index in [1.165, 1.54) is 0 Å². The highest BCUT2D eigenvalue weighted by Gasteiger charge is 2.11. The van der Waals surface area contributed by atoms with Gasteiger partial charge in [0.05, 0.1) is 32.8 Å². The summed E-state index contributed by atoms with van der Waals surface area (Å²) in [6, 6.07) is 0. The molecule has 0 saturated carbocycles. The molecule has 0 amide bonds. The van der Waals surface area contributed by atoms with E-state index in [2.05, 4.69) is 6.92 Å². The van der Waals surface area contributed by atoms with E-state index in [9.17, 15) is 4.79 Å². The Morgan fingerprint density at radius 1 is 1.11 bits per heavy atom. The van der Waals surface area contributed by atoms with Crippen molar-refractivity contribution in [2.75, 3.05) is 33.0 Å². The van der Waals surface area contributed by atoms with Crippen LogP contribution in [-0.2, 0) is 19.0 Å². The minimum Gasteiger partial charge on any atom is -0.462 e. The van der Waals surface area contributed by atoms with E-state index in [-0.39, 0.29) is 12.1 Å². The largest absolute Gasteiger partial charge is 0.462 e. The van der Waals surface area contributed by atoms with Gasteiger partial charge in [0, 0.05) is 6.54 Å². The highest BCUT2D eigenvalue weighted by atomic mass is 16.5. The van der Waals surface area contributed by atoms with Crippen molar-refractivity contribution in [2.24, 2.45) is 5.73 Å². The average molecular weight is 261 g/mol. The van der Waals surface area contributed by atoms with Crippen molar-refractivity contribution < 1.29 is 19.0 Å². The molecule has 0 spiro atoms. The average Bonchev–Trinajstić information content (AvgIpc) is 2.37. The minimum atomic E-state index is -0.182. The molecule has 18 heavy (non-hydrogen) atoms. The first-order chi connectivity index (χ1) is 8.74. The zero-order valence-corrected chi connectivity index (χ0v) is 11.7. The number of carbonyl (C=O) groups is 1. The molecule has 2 N–H and O–H groups in total. The highest BCUT2D eigenvalue weighted by Crippen LogP contribution is 2.07. The van der Waals surface area contributed by atoms with Gasteiger partial charge >= 0.3 is 5.97 Å². The molecule has 0 rings (SSSR count). The van der Waals surface area contributed by atoms with Gasteiger partial charge in [-0.3, -0.25) is 4.79 Å². The predicted molar refractivity (Wildman–Crippen MR) is 70.4 cm³/mol. The van der Waals surface area contributed by atoms with E-state index in [1.807, 2.05) is 6.92 Å². The van der Waals surface area contributed by atoms with Crippen molar-refractivity contribution in [3.05, 3.63) is 0 Å². The van der Waals surface area contributed by atoms with E-state index < -0.39 is 0 Å². The van der Waals surface area contributed by atoms with Gasteiger partial charge in [-0.25, -0.2) is 0 Å². The Labute approximate surface area is 110 Å². The second-order valence-corrected chi connectivity index (χ2v) is 4.07. The van der Waals surface area contributed by atoms with Gasteiger partial charge in [0.1, 0.15) is 6.10 Å². The summed E-state index contributed by atoms with van der Waals surface area (Å²) >= 11 is 0. The Hall–Kier alpha value is -0.650. The third kappa shape index (κ3) is 10.5. The van der Waals surface area contributed by atoms with E-state index >= 15 is 0 Å². The van der Waals surface area contributed by atoms with E-state index in [1.54, 1.807) is 0 Å². The van der Waals surface area contributed by atoms with Crippen LogP contribution in [0.4, 0.5) is 0 Å². The zero-order valence-electron chi connectivity index (χ0n) is 11.7. The van der Waals surface area contributed by atoms with E-state index in [0.717, 1.165) is 19.3 Å². The lowest BCUT2D eigenvalue weighted by molar-refractivity contribution is -0.150. The second-order valence-electron chi connectivity index (χ2n) is 4.07. The maximum absolute atomic E-state index is 11.5. The second kappa shape index (κ2) is 12.8. The maximum Gasteiger partial charge on any atom is 0.308 e. The summed E-state index contributed by atoms with van der Waals surface area (Å²) in [6.45, 7) is 6.55. The summed E-state index contributed by atoms with van der Waals surface area (Å²) in [5.74, 6) is -0.182. The van der Waals surface area contributed by atoms with Crippen molar-refractivity contribution in [1.29, 1.82) is 0 Å². The summed E-state index contributed by atoms with van der Waals surface area (Å²) in [6.07, 6.45) is 3.18. The molecule has 0 aliphatic heterocycles. The maximum atomic E-state index is 11.5. The monoisotopic (exact) mass is 261 g/mol. The first kappa shape index (κ1) is 17.4. The molecule has 0 fully saturated rings. The Kier molecular flexibility index (Phi) is 12.3. The summed E-state index contributed by atoms with van der Waals surface area (Å²) < 4.78 is 15.7. The molecular formula is C13H27NO4. The standard InChI is InChI=1S/C13H27NO4/c1-3-5-12(4-2)18-13(15)6-8-16-10-11-17-9-7-14/h12H,3-11,14H2,1-2H3. The van der Waals surface area contributed by atoms with Gasteiger partial charge in [-0.15, -0.1) is 0 Å². The Balaban J connectivity index is 3.41. The molecule has 0 aromatic carbocycles. The van der Waals surface area contributed by atoms with Crippen LogP contribution in [0.2, 0.25) is 0 Å². The molecule has 0 aliphatic carbocycles. The number of nitrogens with two attached hydrogens (primary N) is 1. The lowest BCUT2D eigenvalue weighted by Gasteiger charge is -2.15. The summed E-state index contributed by atoms with van der Waals surface area (Å²) in [5, 5.41) is 0. The van der Waals surface area contributed by atoms with Crippen LogP contribution in [0.25, 0.3) is 0 Å². The molecule has 0 saturated heterocycles. The van der Waals surface area contributed by atoms with Crippen molar-refractivity contribution in [2.45, 2.75) is 45.6 Å². The first-order valence-electron chi connectivity index (χ1n) is 6.79. The molecule has 1 atom stereocenters. The van der Waals surface area contributed by atoms with Crippen molar-refractivity contribution >= 4 is 5.97 Å². The SMILES string of the molecule is CCCC(CC)OC(=O)CCOCCOCCN. The van der Waals surface area contributed by atoms with E-state index in [0.29, 0.717) is 39.4 Å². The summed E-state index contributed by atoms with van der Waals surface area (Å²) in [5.41, 5.74) is 5.27. The Morgan fingerprint density at radius 3 is 2.33 bits per heavy atom. The summed E-state index contributed by atoms with van der Waals surface area (Å²) in [7, 11) is 0. The smallest absolute Gasteiger partial charge is 0.308 e. The number of esters is 1. The molecule has 108 valence electrons. The van der Waals surface area contributed by atoms with Crippen LogP contribution in [0.1, 0.15) is 39.5 Å². The number of hydrogen-bond acceptors (Lipinski definition) is 5. The van der Waals surface area contributed by atoms with Crippen LogP contribution in [-0.4, -0.2) is 45.0 Å². The molecule has 0 radical (unpaired) electrons. The van der Waals surface area contributed by atoms with E-state index in [4.69, 9.17) is 19.9 Å². The van der Waals surface area contributed by atoms with Crippen LogP contribution >= 0.6 is 0 Å². The van der Waals surface area contributed by atoms with Crippen molar-refractivity contribution in [1.82, 2.24) is 0 Å². The molecule has 1 unspecified atom stereocenters. The third-order valence-corrected chi connectivity index (χ3v) is 2.45. The minimum absolute atomic E-state index is 0.0513. The normalized spacial score (nSPS) is 12.4. The Bertz CT molecular complexity index is 199.